The molecule has 2 rings (SSSR count). The van der Waals surface area contributed by atoms with E-state index < -0.39 is 11.7 Å². The van der Waals surface area contributed by atoms with E-state index in [1.165, 1.54) is 12.1 Å². The second-order valence-corrected chi connectivity index (χ2v) is 5.03. The van der Waals surface area contributed by atoms with Gasteiger partial charge < -0.3 is 10.6 Å². The van der Waals surface area contributed by atoms with E-state index in [1.54, 1.807) is 6.07 Å². The lowest BCUT2D eigenvalue weighted by Gasteiger charge is -2.10. The molecular weight excluding hydrogens is 305 g/mol. The first-order valence-electron chi connectivity index (χ1n) is 7.18. The summed E-state index contributed by atoms with van der Waals surface area (Å²) in [6, 6.07) is 12.1. The molecule has 0 bridgehead atoms. The topological polar surface area (TPSA) is 41.1 Å². The van der Waals surface area contributed by atoms with E-state index in [0.717, 1.165) is 24.1 Å². The number of aryl methyl sites for hydroxylation is 1. The first kappa shape index (κ1) is 16.9. The Morgan fingerprint density at radius 3 is 2.35 bits per heavy atom. The van der Waals surface area contributed by atoms with Gasteiger partial charge in [-0.15, -0.1) is 0 Å². The van der Waals surface area contributed by atoms with E-state index >= 15 is 0 Å². The molecule has 0 saturated heterocycles. The lowest BCUT2D eigenvalue weighted by atomic mass is 10.1. The smallest absolute Gasteiger partial charge is 0.376 e. The number of rotatable bonds is 5. The number of alkyl halides is 3. The van der Waals surface area contributed by atoms with Crippen LogP contribution in [0.2, 0.25) is 0 Å². The number of amides is 1. The largest absolute Gasteiger partial charge is 0.416 e. The number of anilines is 2. The molecule has 0 aliphatic rings. The number of halogens is 3. The highest BCUT2D eigenvalue weighted by Gasteiger charge is 2.29. The van der Waals surface area contributed by atoms with Crippen LogP contribution in [0.15, 0.2) is 48.5 Å². The van der Waals surface area contributed by atoms with Crippen LogP contribution in [0.5, 0.6) is 0 Å². The molecule has 0 radical (unpaired) electrons. The van der Waals surface area contributed by atoms with Gasteiger partial charge in [-0.2, -0.15) is 13.2 Å². The maximum absolute atomic E-state index is 12.5. The van der Waals surface area contributed by atoms with Crippen LogP contribution >= 0.6 is 0 Å². The van der Waals surface area contributed by atoms with Crippen molar-refractivity contribution >= 4 is 17.3 Å². The summed E-state index contributed by atoms with van der Waals surface area (Å²) in [6.07, 6.45) is -3.49. The number of hydrogen-bond donors (Lipinski definition) is 2. The van der Waals surface area contributed by atoms with Crippen LogP contribution < -0.4 is 10.6 Å². The molecule has 2 aromatic rings. The van der Waals surface area contributed by atoms with Crippen molar-refractivity contribution in [3.8, 4) is 0 Å². The van der Waals surface area contributed by atoms with Gasteiger partial charge in [-0.05, 0) is 48.4 Å². The van der Waals surface area contributed by atoms with Gasteiger partial charge in [0.2, 0.25) is 5.91 Å². The molecule has 2 aromatic carbocycles. The fourth-order valence-corrected chi connectivity index (χ4v) is 2.03. The Morgan fingerprint density at radius 2 is 1.74 bits per heavy atom. The minimum Gasteiger partial charge on any atom is -0.376 e. The SMILES string of the molecule is CCc1cccc(NC(=O)CNc2ccc(C(F)(F)F)cc2)c1. The Bertz CT molecular complexity index is 666. The highest BCUT2D eigenvalue weighted by atomic mass is 19.4. The monoisotopic (exact) mass is 322 g/mol. The Kier molecular flexibility index (Phi) is 5.26. The Hall–Kier alpha value is -2.50. The highest BCUT2D eigenvalue weighted by Crippen LogP contribution is 2.29. The zero-order chi connectivity index (χ0) is 16.9. The zero-order valence-corrected chi connectivity index (χ0v) is 12.6. The molecule has 0 heterocycles. The van der Waals surface area contributed by atoms with E-state index in [1.807, 2.05) is 25.1 Å². The van der Waals surface area contributed by atoms with Gasteiger partial charge in [-0.3, -0.25) is 4.79 Å². The second-order valence-electron chi connectivity index (χ2n) is 5.03. The third-order valence-electron chi connectivity index (χ3n) is 3.28. The molecular formula is C17H17F3N2O. The zero-order valence-electron chi connectivity index (χ0n) is 12.6. The second kappa shape index (κ2) is 7.17. The molecule has 0 fully saturated rings. The van der Waals surface area contributed by atoms with E-state index in [9.17, 15) is 18.0 Å². The molecule has 2 N–H and O–H groups in total. The quantitative estimate of drug-likeness (QED) is 0.861. The van der Waals surface area contributed by atoms with Crippen LogP contribution in [0.25, 0.3) is 0 Å². The average Bonchev–Trinajstić information content (AvgIpc) is 2.52. The molecule has 3 nitrogen and oxygen atoms in total. The summed E-state index contributed by atoms with van der Waals surface area (Å²) in [4.78, 5) is 11.9. The van der Waals surface area contributed by atoms with Crippen molar-refractivity contribution in [3.63, 3.8) is 0 Å². The maximum Gasteiger partial charge on any atom is 0.416 e. The number of carbonyl (C=O) groups is 1. The fraction of sp³-hybridized carbons (Fsp3) is 0.235. The van der Waals surface area contributed by atoms with Crippen LogP contribution in [0, 0.1) is 0 Å². The third kappa shape index (κ3) is 5.02. The van der Waals surface area contributed by atoms with Crippen molar-refractivity contribution in [1.29, 1.82) is 0 Å². The fourth-order valence-electron chi connectivity index (χ4n) is 2.03. The first-order chi connectivity index (χ1) is 10.9. The van der Waals surface area contributed by atoms with Crippen LogP contribution in [0.3, 0.4) is 0 Å². The highest BCUT2D eigenvalue weighted by molar-refractivity contribution is 5.93. The van der Waals surface area contributed by atoms with Crippen LogP contribution in [-0.4, -0.2) is 12.5 Å². The Labute approximate surface area is 132 Å². The molecule has 0 spiro atoms. The molecule has 0 unspecified atom stereocenters. The van der Waals surface area contributed by atoms with Gasteiger partial charge in [0.25, 0.3) is 0 Å². The summed E-state index contributed by atoms with van der Waals surface area (Å²) in [7, 11) is 0. The number of hydrogen-bond acceptors (Lipinski definition) is 2. The summed E-state index contributed by atoms with van der Waals surface area (Å²) in [6.45, 7) is 1.99. The Balaban J connectivity index is 1.89. The lowest BCUT2D eigenvalue weighted by molar-refractivity contribution is -0.137. The minimum atomic E-state index is -4.36. The summed E-state index contributed by atoms with van der Waals surface area (Å²) in [5, 5.41) is 5.53. The molecule has 1 amide bonds. The van der Waals surface area contributed by atoms with Gasteiger partial charge in [0.1, 0.15) is 0 Å². The first-order valence-corrected chi connectivity index (χ1v) is 7.18. The molecule has 122 valence electrons. The van der Waals surface area contributed by atoms with Gasteiger partial charge >= 0.3 is 6.18 Å². The standard InChI is InChI=1S/C17H17F3N2O/c1-2-12-4-3-5-15(10-12)22-16(23)11-21-14-8-6-13(7-9-14)17(18,19)20/h3-10,21H,2,11H2,1H3,(H,22,23). The maximum atomic E-state index is 12.5. The van der Waals surface area contributed by atoms with Crippen molar-refractivity contribution in [2.45, 2.75) is 19.5 Å². The molecule has 23 heavy (non-hydrogen) atoms. The molecule has 0 atom stereocenters. The predicted octanol–water partition coefficient (Wildman–Crippen LogP) is 4.32. The van der Waals surface area contributed by atoms with Gasteiger partial charge in [0.15, 0.2) is 0 Å². The van der Waals surface area contributed by atoms with Crippen molar-refractivity contribution in [1.82, 2.24) is 0 Å². The molecule has 0 aliphatic carbocycles. The average molecular weight is 322 g/mol. The van der Waals surface area contributed by atoms with Crippen LogP contribution in [-0.2, 0) is 17.4 Å². The van der Waals surface area contributed by atoms with Crippen molar-refractivity contribution in [3.05, 3.63) is 59.7 Å². The summed E-state index contributed by atoms with van der Waals surface area (Å²) < 4.78 is 37.4. The van der Waals surface area contributed by atoms with E-state index in [0.29, 0.717) is 11.4 Å². The van der Waals surface area contributed by atoms with Crippen molar-refractivity contribution in [2.24, 2.45) is 0 Å². The number of benzene rings is 2. The molecule has 6 heteroatoms. The molecule has 0 aromatic heterocycles. The number of nitrogens with one attached hydrogen (secondary N) is 2. The van der Waals surface area contributed by atoms with Crippen LogP contribution in [0.4, 0.5) is 24.5 Å². The lowest BCUT2D eigenvalue weighted by Crippen LogP contribution is -2.21. The summed E-state index contributed by atoms with van der Waals surface area (Å²) >= 11 is 0. The number of carbonyl (C=O) groups excluding carboxylic acids is 1. The summed E-state index contributed by atoms with van der Waals surface area (Å²) in [5.74, 6) is -0.266. The van der Waals surface area contributed by atoms with Gasteiger partial charge in [-0.25, -0.2) is 0 Å². The minimum absolute atomic E-state index is 0.0261. The van der Waals surface area contributed by atoms with Crippen molar-refractivity contribution < 1.29 is 18.0 Å². The van der Waals surface area contributed by atoms with E-state index in [4.69, 9.17) is 0 Å². The predicted molar refractivity (Wildman–Crippen MR) is 84.4 cm³/mol. The van der Waals surface area contributed by atoms with E-state index in [2.05, 4.69) is 10.6 Å². The van der Waals surface area contributed by atoms with Gasteiger partial charge in [0, 0.05) is 11.4 Å². The molecule has 0 saturated carbocycles. The van der Waals surface area contributed by atoms with E-state index in [-0.39, 0.29) is 12.5 Å². The summed E-state index contributed by atoms with van der Waals surface area (Å²) in [5.41, 5.74) is 1.54. The van der Waals surface area contributed by atoms with Crippen LogP contribution in [0.1, 0.15) is 18.1 Å². The van der Waals surface area contributed by atoms with Gasteiger partial charge in [-0.1, -0.05) is 19.1 Å². The van der Waals surface area contributed by atoms with Crippen molar-refractivity contribution in [2.75, 3.05) is 17.2 Å². The Morgan fingerprint density at radius 1 is 1.04 bits per heavy atom. The molecule has 0 aliphatic heterocycles. The normalized spacial score (nSPS) is 11.1. The van der Waals surface area contributed by atoms with Gasteiger partial charge in [0.05, 0.1) is 12.1 Å². The third-order valence-corrected chi connectivity index (χ3v) is 3.28.